The molecule has 0 aliphatic rings. The topological polar surface area (TPSA) is 43.6 Å². The number of pyridine rings is 1. The highest BCUT2D eigenvalue weighted by Crippen LogP contribution is 2.27. The summed E-state index contributed by atoms with van der Waals surface area (Å²) in [6.07, 6.45) is 7.20. The van der Waals surface area contributed by atoms with Crippen LogP contribution in [0, 0.1) is 0 Å². The smallest absolute Gasteiger partial charge is 0.191 e. The Kier molecular flexibility index (Phi) is 6.48. The summed E-state index contributed by atoms with van der Waals surface area (Å²) in [5.41, 5.74) is 2.23. The SMILES string of the molecule is CCCCCn1c(SCc2cccnc2)nnc1-c1ccc(Cl)cc1. The lowest BCUT2D eigenvalue weighted by molar-refractivity contribution is 0.570. The van der Waals surface area contributed by atoms with Gasteiger partial charge in [0.1, 0.15) is 0 Å². The van der Waals surface area contributed by atoms with Crippen LogP contribution in [0.2, 0.25) is 5.02 Å². The van der Waals surface area contributed by atoms with Gasteiger partial charge in [-0.15, -0.1) is 10.2 Å². The predicted octanol–water partition coefficient (Wildman–Crippen LogP) is 5.48. The molecule has 0 unspecified atom stereocenters. The van der Waals surface area contributed by atoms with Crippen molar-refractivity contribution >= 4 is 23.4 Å². The number of thioether (sulfide) groups is 1. The van der Waals surface area contributed by atoms with Crippen LogP contribution in [-0.4, -0.2) is 19.7 Å². The van der Waals surface area contributed by atoms with Gasteiger partial charge in [0.25, 0.3) is 0 Å². The first-order chi connectivity index (χ1) is 12.3. The number of nitrogens with zero attached hydrogens (tertiary/aromatic N) is 4. The first-order valence-corrected chi connectivity index (χ1v) is 9.85. The number of unbranched alkanes of at least 4 members (excludes halogenated alkanes) is 2. The van der Waals surface area contributed by atoms with E-state index >= 15 is 0 Å². The minimum absolute atomic E-state index is 0.729. The van der Waals surface area contributed by atoms with Gasteiger partial charge >= 0.3 is 0 Å². The molecule has 0 atom stereocenters. The van der Waals surface area contributed by atoms with Crippen molar-refractivity contribution in [2.45, 2.75) is 43.6 Å². The maximum absolute atomic E-state index is 6.01. The average Bonchev–Trinajstić information content (AvgIpc) is 3.05. The van der Waals surface area contributed by atoms with E-state index in [1.54, 1.807) is 18.0 Å². The summed E-state index contributed by atoms with van der Waals surface area (Å²) in [6, 6.07) is 11.8. The average molecular weight is 373 g/mol. The molecule has 2 heterocycles. The summed E-state index contributed by atoms with van der Waals surface area (Å²) < 4.78 is 2.22. The van der Waals surface area contributed by atoms with Gasteiger partial charge in [-0.1, -0.05) is 49.2 Å². The molecule has 0 spiro atoms. The lowest BCUT2D eigenvalue weighted by atomic mass is 10.2. The summed E-state index contributed by atoms with van der Waals surface area (Å²) in [6.45, 7) is 3.14. The number of halogens is 1. The van der Waals surface area contributed by atoms with E-state index in [2.05, 4.69) is 32.7 Å². The van der Waals surface area contributed by atoms with E-state index in [-0.39, 0.29) is 0 Å². The minimum atomic E-state index is 0.729. The van der Waals surface area contributed by atoms with Crippen molar-refractivity contribution < 1.29 is 0 Å². The summed E-state index contributed by atoms with van der Waals surface area (Å²) in [4.78, 5) is 4.17. The van der Waals surface area contributed by atoms with Crippen LogP contribution in [0.4, 0.5) is 0 Å². The van der Waals surface area contributed by atoms with Crippen molar-refractivity contribution in [3.8, 4) is 11.4 Å². The van der Waals surface area contributed by atoms with Crippen molar-refractivity contribution in [3.63, 3.8) is 0 Å². The Morgan fingerprint density at radius 1 is 1.08 bits per heavy atom. The highest BCUT2D eigenvalue weighted by atomic mass is 35.5. The molecule has 3 rings (SSSR count). The molecule has 0 N–H and O–H groups in total. The monoisotopic (exact) mass is 372 g/mol. The molecule has 0 aliphatic heterocycles. The van der Waals surface area contributed by atoms with Crippen molar-refractivity contribution in [3.05, 3.63) is 59.4 Å². The van der Waals surface area contributed by atoms with Crippen LogP contribution in [0.1, 0.15) is 31.7 Å². The van der Waals surface area contributed by atoms with Crippen LogP contribution in [0.25, 0.3) is 11.4 Å². The van der Waals surface area contributed by atoms with Gasteiger partial charge in [0.15, 0.2) is 11.0 Å². The zero-order valence-electron chi connectivity index (χ0n) is 14.2. The molecule has 25 heavy (non-hydrogen) atoms. The van der Waals surface area contributed by atoms with E-state index in [9.17, 15) is 0 Å². The highest BCUT2D eigenvalue weighted by molar-refractivity contribution is 7.98. The van der Waals surface area contributed by atoms with Gasteiger partial charge in [0, 0.05) is 35.3 Å². The fourth-order valence-electron chi connectivity index (χ4n) is 2.56. The zero-order valence-corrected chi connectivity index (χ0v) is 15.8. The molecule has 3 aromatic rings. The number of aromatic nitrogens is 4. The van der Waals surface area contributed by atoms with Crippen molar-refractivity contribution in [1.82, 2.24) is 19.7 Å². The van der Waals surface area contributed by atoms with E-state index in [0.29, 0.717) is 0 Å². The minimum Gasteiger partial charge on any atom is -0.302 e. The van der Waals surface area contributed by atoms with Crippen LogP contribution in [-0.2, 0) is 12.3 Å². The lowest BCUT2D eigenvalue weighted by Crippen LogP contribution is -2.03. The number of hydrogen-bond acceptors (Lipinski definition) is 4. The molecular formula is C19H21ClN4S. The van der Waals surface area contributed by atoms with Crippen LogP contribution >= 0.6 is 23.4 Å². The second-order valence-corrected chi connectivity index (χ2v) is 7.20. The molecule has 130 valence electrons. The van der Waals surface area contributed by atoms with Crippen molar-refractivity contribution in [2.24, 2.45) is 0 Å². The molecule has 0 saturated heterocycles. The molecule has 0 bridgehead atoms. The maximum Gasteiger partial charge on any atom is 0.191 e. The summed E-state index contributed by atoms with van der Waals surface area (Å²) >= 11 is 7.71. The largest absolute Gasteiger partial charge is 0.302 e. The molecule has 4 nitrogen and oxygen atoms in total. The third-order valence-electron chi connectivity index (χ3n) is 3.90. The van der Waals surface area contributed by atoms with Gasteiger partial charge in [-0.25, -0.2) is 0 Å². The molecule has 0 radical (unpaired) electrons. The molecule has 0 saturated carbocycles. The lowest BCUT2D eigenvalue weighted by Gasteiger charge is -2.10. The van der Waals surface area contributed by atoms with E-state index in [0.717, 1.165) is 40.3 Å². The van der Waals surface area contributed by atoms with Gasteiger partial charge in [0.05, 0.1) is 0 Å². The van der Waals surface area contributed by atoms with Crippen LogP contribution in [0.15, 0.2) is 53.9 Å². The van der Waals surface area contributed by atoms with E-state index in [4.69, 9.17) is 11.6 Å². The third-order valence-corrected chi connectivity index (χ3v) is 5.19. The summed E-state index contributed by atoms with van der Waals surface area (Å²) in [7, 11) is 0. The van der Waals surface area contributed by atoms with Crippen molar-refractivity contribution in [2.75, 3.05) is 0 Å². The van der Waals surface area contributed by atoms with Gasteiger partial charge in [0.2, 0.25) is 0 Å². The highest BCUT2D eigenvalue weighted by Gasteiger charge is 2.14. The fraction of sp³-hybridized carbons (Fsp3) is 0.316. The van der Waals surface area contributed by atoms with Crippen LogP contribution in [0.5, 0.6) is 0 Å². The Morgan fingerprint density at radius 2 is 1.92 bits per heavy atom. The van der Waals surface area contributed by atoms with Gasteiger partial charge in [-0.3, -0.25) is 4.98 Å². The first-order valence-electron chi connectivity index (χ1n) is 8.48. The molecule has 2 aromatic heterocycles. The van der Waals surface area contributed by atoms with Gasteiger partial charge in [-0.2, -0.15) is 0 Å². The van der Waals surface area contributed by atoms with Gasteiger partial charge in [-0.05, 0) is 42.3 Å². The first kappa shape index (κ1) is 18.0. The summed E-state index contributed by atoms with van der Waals surface area (Å²) in [5.74, 6) is 1.74. The molecule has 6 heteroatoms. The molecular weight excluding hydrogens is 352 g/mol. The molecule has 0 aliphatic carbocycles. The molecule has 1 aromatic carbocycles. The number of hydrogen-bond donors (Lipinski definition) is 0. The second-order valence-electron chi connectivity index (χ2n) is 5.82. The Labute approximate surface area is 157 Å². The zero-order chi connectivity index (χ0) is 17.5. The number of rotatable bonds is 8. The quantitative estimate of drug-likeness (QED) is 0.388. The van der Waals surface area contributed by atoms with E-state index in [1.807, 2.05) is 36.5 Å². The standard InChI is InChI=1S/C19H21ClN4S/c1-2-3-4-12-24-18(16-7-9-17(20)10-8-16)22-23-19(24)25-14-15-6-5-11-21-13-15/h5-11,13H,2-4,12,14H2,1H3. The van der Waals surface area contributed by atoms with Crippen LogP contribution in [0.3, 0.4) is 0 Å². The normalized spacial score (nSPS) is 11.0. The fourth-order valence-corrected chi connectivity index (χ4v) is 3.59. The number of benzene rings is 1. The third kappa shape index (κ3) is 4.83. The van der Waals surface area contributed by atoms with Gasteiger partial charge < -0.3 is 4.57 Å². The Morgan fingerprint density at radius 3 is 2.64 bits per heavy atom. The second kappa shape index (κ2) is 9.02. The summed E-state index contributed by atoms with van der Waals surface area (Å²) in [5, 5.41) is 10.5. The maximum atomic E-state index is 6.01. The van der Waals surface area contributed by atoms with Crippen LogP contribution < -0.4 is 0 Å². The molecule has 0 amide bonds. The Hall–Kier alpha value is -1.85. The Balaban J connectivity index is 1.82. The van der Waals surface area contributed by atoms with E-state index in [1.165, 1.54) is 18.4 Å². The Bertz CT molecular complexity index is 787. The predicted molar refractivity (Wildman–Crippen MR) is 104 cm³/mol. The van der Waals surface area contributed by atoms with Crippen molar-refractivity contribution in [1.29, 1.82) is 0 Å². The molecule has 0 fully saturated rings. The van der Waals surface area contributed by atoms with E-state index < -0.39 is 0 Å².